The van der Waals surface area contributed by atoms with E-state index in [1.807, 2.05) is 4.98 Å². The van der Waals surface area contributed by atoms with Gasteiger partial charge in [-0.05, 0) is 0 Å². The summed E-state index contributed by atoms with van der Waals surface area (Å²) in [6.07, 6.45) is 1.49. The molecular formula is C8H9N3O3. The zero-order chi connectivity index (χ0) is 10.6. The molecule has 0 bridgehead atoms. The van der Waals surface area contributed by atoms with E-state index in [0.29, 0.717) is 0 Å². The SMILES string of the molecule is C=CCNC(=O)c1cc(=O)[nH]c(=O)[nH]1. The lowest BCUT2D eigenvalue weighted by molar-refractivity contribution is 0.0952. The lowest BCUT2D eigenvalue weighted by Gasteiger charge is -2.00. The van der Waals surface area contributed by atoms with E-state index in [1.54, 1.807) is 0 Å². The highest BCUT2D eigenvalue weighted by Gasteiger charge is 2.05. The number of carbonyl (C=O) groups is 1. The molecule has 3 N–H and O–H groups in total. The fraction of sp³-hybridized carbons (Fsp3) is 0.125. The monoisotopic (exact) mass is 195 g/mol. The van der Waals surface area contributed by atoms with Gasteiger partial charge in [0, 0.05) is 12.6 Å². The molecule has 1 amide bonds. The highest BCUT2D eigenvalue weighted by atomic mass is 16.2. The van der Waals surface area contributed by atoms with E-state index in [2.05, 4.69) is 16.9 Å². The van der Waals surface area contributed by atoms with Gasteiger partial charge in [0.2, 0.25) is 0 Å². The van der Waals surface area contributed by atoms with Crippen molar-refractivity contribution >= 4 is 5.91 Å². The van der Waals surface area contributed by atoms with Gasteiger partial charge in [0.1, 0.15) is 5.69 Å². The van der Waals surface area contributed by atoms with Crippen LogP contribution in [0, 0.1) is 0 Å². The summed E-state index contributed by atoms with van der Waals surface area (Å²) in [6.45, 7) is 3.68. The molecule has 0 atom stereocenters. The fourth-order valence-electron chi connectivity index (χ4n) is 0.851. The Kier molecular flexibility index (Phi) is 3.01. The van der Waals surface area contributed by atoms with E-state index in [1.165, 1.54) is 6.08 Å². The van der Waals surface area contributed by atoms with Crippen molar-refractivity contribution in [2.24, 2.45) is 0 Å². The third-order valence-electron chi connectivity index (χ3n) is 1.41. The highest BCUT2D eigenvalue weighted by molar-refractivity contribution is 5.92. The quantitative estimate of drug-likeness (QED) is 0.539. The molecule has 14 heavy (non-hydrogen) atoms. The molecule has 0 saturated heterocycles. The number of H-pyrrole nitrogens is 2. The van der Waals surface area contributed by atoms with Crippen LogP contribution in [0.4, 0.5) is 0 Å². The van der Waals surface area contributed by atoms with Crippen LogP contribution >= 0.6 is 0 Å². The summed E-state index contributed by atoms with van der Waals surface area (Å²) in [6, 6.07) is 1.01. The number of hydrogen-bond acceptors (Lipinski definition) is 3. The normalized spacial score (nSPS) is 9.43. The minimum atomic E-state index is -0.707. The molecule has 0 saturated carbocycles. The number of aromatic amines is 2. The maximum absolute atomic E-state index is 11.2. The Morgan fingerprint density at radius 1 is 1.50 bits per heavy atom. The summed E-state index contributed by atoms with van der Waals surface area (Å²) >= 11 is 0. The predicted octanol–water partition coefficient (Wildman–Crippen LogP) is -1.02. The average molecular weight is 195 g/mol. The largest absolute Gasteiger partial charge is 0.347 e. The summed E-state index contributed by atoms with van der Waals surface area (Å²) in [5.41, 5.74) is -1.39. The van der Waals surface area contributed by atoms with Gasteiger partial charge in [-0.2, -0.15) is 0 Å². The first-order valence-electron chi connectivity index (χ1n) is 3.86. The van der Waals surface area contributed by atoms with Crippen LogP contribution in [0.3, 0.4) is 0 Å². The second kappa shape index (κ2) is 4.22. The van der Waals surface area contributed by atoms with Crippen molar-refractivity contribution < 1.29 is 4.79 Å². The first-order valence-corrected chi connectivity index (χ1v) is 3.86. The summed E-state index contributed by atoms with van der Waals surface area (Å²) < 4.78 is 0. The standard InChI is InChI=1S/C8H9N3O3/c1-2-3-9-7(13)5-4-6(12)11-8(14)10-5/h2,4H,1,3H2,(H,9,13)(H2,10,11,12,14). The van der Waals surface area contributed by atoms with Crippen molar-refractivity contribution in [2.75, 3.05) is 6.54 Å². The van der Waals surface area contributed by atoms with E-state index in [-0.39, 0.29) is 12.2 Å². The zero-order valence-electron chi connectivity index (χ0n) is 7.29. The Labute approximate surface area is 78.7 Å². The molecule has 0 radical (unpaired) electrons. The number of nitrogens with one attached hydrogen (secondary N) is 3. The molecule has 1 aromatic rings. The van der Waals surface area contributed by atoms with Gasteiger partial charge in [0.15, 0.2) is 0 Å². The summed E-state index contributed by atoms with van der Waals surface area (Å²) in [4.78, 5) is 37.0. The Morgan fingerprint density at radius 2 is 2.21 bits per heavy atom. The van der Waals surface area contributed by atoms with Crippen molar-refractivity contribution in [3.63, 3.8) is 0 Å². The number of amides is 1. The van der Waals surface area contributed by atoms with Crippen molar-refractivity contribution in [3.8, 4) is 0 Å². The Hall–Kier alpha value is -2.11. The molecule has 1 heterocycles. The van der Waals surface area contributed by atoms with E-state index in [4.69, 9.17) is 0 Å². The summed E-state index contributed by atoms with van der Waals surface area (Å²) in [5, 5.41) is 2.42. The first-order chi connectivity index (χ1) is 6.63. The van der Waals surface area contributed by atoms with Crippen LogP contribution in [-0.2, 0) is 0 Å². The minimum Gasteiger partial charge on any atom is -0.347 e. The van der Waals surface area contributed by atoms with E-state index in [0.717, 1.165) is 6.07 Å². The van der Waals surface area contributed by atoms with Crippen molar-refractivity contribution in [3.05, 3.63) is 45.3 Å². The van der Waals surface area contributed by atoms with Crippen LogP contribution in [0.1, 0.15) is 10.5 Å². The lowest BCUT2D eigenvalue weighted by atomic mass is 10.4. The zero-order valence-corrected chi connectivity index (χ0v) is 7.29. The Balaban J connectivity index is 2.95. The van der Waals surface area contributed by atoms with Gasteiger partial charge in [0.25, 0.3) is 11.5 Å². The molecule has 0 aromatic carbocycles. The summed E-state index contributed by atoms with van der Waals surface area (Å²) in [5.74, 6) is -0.520. The van der Waals surface area contributed by atoms with Crippen LogP contribution in [-0.4, -0.2) is 22.4 Å². The third-order valence-corrected chi connectivity index (χ3v) is 1.41. The first kappa shape index (κ1) is 9.97. The second-order valence-electron chi connectivity index (χ2n) is 2.50. The van der Waals surface area contributed by atoms with Crippen molar-refractivity contribution in [1.29, 1.82) is 0 Å². The van der Waals surface area contributed by atoms with Crippen LogP contribution < -0.4 is 16.6 Å². The number of hydrogen-bond donors (Lipinski definition) is 3. The van der Waals surface area contributed by atoms with Gasteiger partial charge in [-0.3, -0.25) is 14.6 Å². The third kappa shape index (κ3) is 2.44. The number of aromatic nitrogens is 2. The van der Waals surface area contributed by atoms with E-state index >= 15 is 0 Å². The number of carbonyl (C=O) groups excluding carboxylic acids is 1. The van der Waals surface area contributed by atoms with Gasteiger partial charge in [-0.1, -0.05) is 6.08 Å². The number of rotatable bonds is 3. The maximum Gasteiger partial charge on any atom is 0.326 e. The average Bonchev–Trinajstić information content (AvgIpc) is 2.12. The molecule has 0 aliphatic rings. The van der Waals surface area contributed by atoms with Crippen molar-refractivity contribution in [2.45, 2.75) is 0 Å². The minimum absolute atomic E-state index is 0.0689. The van der Waals surface area contributed by atoms with Gasteiger partial charge in [-0.25, -0.2) is 4.79 Å². The van der Waals surface area contributed by atoms with Crippen LogP contribution in [0.2, 0.25) is 0 Å². The van der Waals surface area contributed by atoms with Gasteiger partial charge < -0.3 is 10.3 Å². The molecule has 74 valence electrons. The molecule has 6 heteroatoms. The molecule has 0 unspecified atom stereocenters. The lowest BCUT2D eigenvalue weighted by Crippen LogP contribution is -2.30. The Bertz CT molecular complexity index is 429. The molecule has 1 rings (SSSR count). The molecular weight excluding hydrogens is 186 g/mol. The van der Waals surface area contributed by atoms with Gasteiger partial charge in [-0.15, -0.1) is 6.58 Å². The topological polar surface area (TPSA) is 94.8 Å². The van der Waals surface area contributed by atoms with Gasteiger partial charge in [0.05, 0.1) is 0 Å². The summed E-state index contributed by atoms with van der Waals surface area (Å²) in [7, 11) is 0. The molecule has 0 spiro atoms. The molecule has 0 fully saturated rings. The highest BCUT2D eigenvalue weighted by Crippen LogP contribution is 1.84. The van der Waals surface area contributed by atoms with E-state index < -0.39 is 17.2 Å². The Morgan fingerprint density at radius 3 is 2.79 bits per heavy atom. The van der Waals surface area contributed by atoms with Crippen molar-refractivity contribution in [1.82, 2.24) is 15.3 Å². The second-order valence-corrected chi connectivity index (χ2v) is 2.50. The fourth-order valence-corrected chi connectivity index (χ4v) is 0.851. The maximum atomic E-state index is 11.2. The molecule has 0 aliphatic heterocycles. The molecule has 0 aliphatic carbocycles. The van der Waals surface area contributed by atoms with E-state index in [9.17, 15) is 14.4 Å². The molecule has 6 nitrogen and oxygen atoms in total. The predicted molar refractivity (Wildman–Crippen MR) is 50.2 cm³/mol. The van der Waals surface area contributed by atoms with Crippen LogP contribution in [0.25, 0.3) is 0 Å². The smallest absolute Gasteiger partial charge is 0.326 e. The molecule has 1 aromatic heterocycles. The van der Waals surface area contributed by atoms with Crippen LogP contribution in [0.15, 0.2) is 28.3 Å². The van der Waals surface area contributed by atoms with Crippen LogP contribution in [0.5, 0.6) is 0 Å². The van der Waals surface area contributed by atoms with Gasteiger partial charge >= 0.3 is 5.69 Å².